The zero-order chi connectivity index (χ0) is 13.4. The molecule has 0 aromatic heterocycles. The molecule has 0 saturated carbocycles. The van der Waals surface area contributed by atoms with Crippen LogP contribution in [0, 0.1) is 0 Å². The molecule has 0 saturated heterocycles. The summed E-state index contributed by atoms with van der Waals surface area (Å²) in [6, 6.07) is 8.98. The average Bonchev–Trinajstić information content (AvgIpc) is 2.43. The highest BCUT2D eigenvalue weighted by atomic mass is 16.7. The molecule has 0 aliphatic carbocycles. The number of carbonyl (C=O) groups is 2. The molecule has 0 heterocycles. The van der Waals surface area contributed by atoms with E-state index in [4.69, 9.17) is 4.84 Å². The Morgan fingerprint density at radius 1 is 1.28 bits per heavy atom. The smallest absolute Gasteiger partial charge is 0.251 e. The van der Waals surface area contributed by atoms with Gasteiger partial charge in [0.05, 0.1) is 7.11 Å². The minimum Gasteiger partial charge on any atom is -0.352 e. The first kappa shape index (κ1) is 14.2. The van der Waals surface area contributed by atoms with E-state index in [0.717, 1.165) is 0 Å². The van der Waals surface area contributed by atoms with Crippen LogP contribution >= 0.6 is 0 Å². The number of nitrogens with zero attached hydrogens (tertiary/aromatic N) is 1. The van der Waals surface area contributed by atoms with Crippen LogP contribution in [0.2, 0.25) is 0 Å². The summed E-state index contributed by atoms with van der Waals surface area (Å²) in [6.45, 7) is 0.469. The number of nitrogens with one attached hydrogen (secondary N) is 1. The second-order valence-electron chi connectivity index (χ2n) is 3.80. The molecule has 1 aromatic carbocycles. The molecule has 5 nitrogen and oxygen atoms in total. The van der Waals surface area contributed by atoms with Crippen molar-refractivity contribution in [3.8, 4) is 0 Å². The number of amides is 2. The molecule has 0 atom stereocenters. The van der Waals surface area contributed by atoms with Crippen LogP contribution < -0.4 is 5.32 Å². The fraction of sp³-hybridized carbons (Fsp3) is 0.385. The van der Waals surface area contributed by atoms with Crippen molar-refractivity contribution >= 4 is 11.8 Å². The first-order chi connectivity index (χ1) is 8.65. The third kappa shape index (κ3) is 4.55. The van der Waals surface area contributed by atoms with Crippen LogP contribution in [0.15, 0.2) is 30.3 Å². The van der Waals surface area contributed by atoms with Gasteiger partial charge in [0, 0.05) is 25.6 Å². The molecule has 1 rings (SSSR count). The van der Waals surface area contributed by atoms with Gasteiger partial charge >= 0.3 is 0 Å². The molecule has 1 N–H and O–H groups in total. The average molecular weight is 250 g/mol. The molecule has 0 aliphatic heterocycles. The SMILES string of the molecule is CON(C)C(=O)CCCNC(=O)c1ccccc1. The van der Waals surface area contributed by atoms with E-state index in [1.165, 1.54) is 12.2 Å². The second-order valence-corrected chi connectivity index (χ2v) is 3.80. The number of hydroxylamine groups is 2. The molecule has 5 heteroatoms. The molecular weight excluding hydrogens is 232 g/mol. The van der Waals surface area contributed by atoms with E-state index in [1.54, 1.807) is 19.2 Å². The van der Waals surface area contributed by atoms with Gasteiger partial charge in [0.1, 0.15) is 0 Å². The Bertz CT molecular complexity index is 392. The minimum absolute atomic E-state index is 0.105. The Kier molecular flexibility index (Phi) is 5.87. The quantitative estimate of drug-likeness (QED) is 0.610. The largest absolute Gasteiger partial charge is 0.352 e. The van der Waals surface area contributed by atoms with Crippen LogP contribution in [-0.2, 0) is 9.63 Å². The van der Waals surface area contributed by atoms with Crippen LogP contribution in [0.5, 0.6) is 0 Å². The van der Waals surface area contributed by atoms with Crippen molar-refractivity contribution in [1.82, 2.24) is 10.4 Å². The molecule has 0 bridgehead atoms. The third-order valence-corrected chi connectivity index (χ3v) is 2.51. The lowest BCUT2D eigenvalue weighted by molar-refractivity contribution is -0.168. The lowest BCUT2D eigenvalue weighted by atomic mass is 10.2. The maximum atomic E-state index is 11.6. The van der Waals surface area contributed by atoms with Gasteiger partial charge in [0.2, 0.25) is 5.91 Å². The van der Waals surface area contributed by atoms with Crippen molar-refractivity contribution in [2.45, 2.75) is 12.8 Å². The number of hydrogen-bond donors (Lipinski definition) is 1. The van der Waals surface area contributed by atoms with Crippen LogP contribution in [0.3, 0.4) is 0 Å². The van der Waals surface area contributed by atoms with E-state index in [1.807, 2.05) is 18.2 Å². The van der Waals surface area contributed by atoms with Crippen LogP contribution in [0.25, 0.3) is 0 Å². The summed E-state index contributed by atoms with van der Waals surface area (Å²) in [5, 5.41) is 3.94. The van der Waals surface area contributed by atoms with Gasteiger partial charge < -0.3 is 5.32 Å². The molecule has 18 heavy (non-hydrogen) atoms. The maximum absolute atomic E-state index is 11.6. The summed E-state index contributed by atoms with van der Waals surface area (Å²) in [7, 11) is 3.00. The van der Waals surface area contributed by atoms with Gasteiger partial charge in [-0.15, -0.1) is 0 Å². The number of hydrogen-bond acceptors (Lipinski definition) is 3. The Hall–Kier alpha value is -1.88. The molecule has 98 valence electrons. The summed E-state index contributed by atoms with van der Waals surface area (Å²) in [6.07, 6.45) is 0.935. The topological polar surface area (TPSA) is 58.6 Å². The molecule has 0 fully saturated rings. The van der Waals surface area contributed by atoms with Crippen LogP contribution in [0.1, 0.15) is 23.2 Å². The van der Waals surface area contributed by atoms with Crippen molar-refractivity contribution in [2.24, 2.45) is 0 Å². The van der Waals surface area contributed by atoms with Crippen molar-refractivity contribution < 1.29 is 14.4 Å². The van der Waals surface area contributed by atoms with Gasteiger partial charge in [0.15, 0.2) is 0 Å². The highest BCUT2D eigenvalue weighted by Crippen LogP contribution is 1.99. The van der Waals surface area contributed by atoms with Gasteiger partial charge in [-0.05, 0) is 18.6 Å². The zero-order valence-electron chi connectivity index (χ0n) is 10.7. The van der Waals surface area contributed by atoms with Crippen molar-refractivity contribution in [1.29, 1.82) is 0 Å². The van der Waals surface area contributed by atoms with Crippen LogP contribution in [-0.4, -0.2) is 37.6 Å². The van der Waals surface area contributed by atoms with Gasteiger partial charge in [-0.3, -0.25) is 14.4 Å². The van der Waals surface area contributed by atoms with E-state index in [2.05, 4.69) is 5.32 Å². The summed E-state index contributed by atoms with van der Waals surface area (Å²) in [5.74, 6) is -0.227. The Balaban J connectivity index is 2.23. The summed E-state index contributed by atoms with van der Waals surface area (Å²) in [4.78, 5) is 27.8. The summed E-state index contributed by atoms with van der Waals surface area (Å²) in [5.41, 5.74) is 0.623. The van der Waals surface area contributed by atoms with Gasteiger partial charge in [0.25, 0.3) is 5.91 Å². The van der Waals surface area contributed by atoms with E-state index >= 15 is 0 Å². The lowest BCUT2D eigenvalue weighted by Crippen LogP contribution is -2.28. The molecule has 2 amide bonds. The number of benzene rings is 1. The predicted octanol–water partition coefficient (Wildman–Crippen LogP) is 1.22. The summed E-state index contributed by atoms with van der Waals surface area (Å²) < 4.78 is 0. The Labute approximate surface area is 107 Å². The molecule has 0 spiro atoms. The highest BCUT2D eigenvalue weighted by molar-refractivity contribution is 5.94. The van der Waals surface area contributed by atoms with Gasteiger partial charge in [-0.2, -0.15) is 0 Å². The van der Waals surface area contributed by atoms with E-state index in [9.17, 15) is 9.59 Å². The molecule has 1 aromatic rings. The number of carbonyl (C=O) groups excluding carboxylic acids is 2. The Morgan fingerprint density at radius 3 is 2.56 bits per heavy atom. The molecule has 0 unspecified atom stereocenters. The second kappa shape index (κ2) is 7.45. The van der Waals surface area contributed by atoms with Crippen molar-refractivity contribution in [3.05, 3.63) is 35.9 Å². The monoisotopic (exact) mass is 250 g/mol. The van der Waals surface area contributed by atoms with Gasteiger partial charge in [-0.1, -0.05) is 18.2 Å². The van der Waals surface area contributed by atoms with Gasteiger partial charge in [-0.25, -0.2) is 5.06 Å². The van der Waals surface area contributed by atoms with Crippen molar-refractivity contribution in [2.75, 3.05) is 20.7 Å². The molecule has 0 aliphatic rings. The molecular formula is C13H18N2O3. The zero-order valence-corrected chi connectivity index (χ0v) is 10.7. The lowest BCUT2D eigenvalue weighted by Gasteiger charge is -2.13. The fourth-order valence-electron chi connectivity index (χ4n) is 1.39. The number of rotatable bonds is 6. The first-order valence-corrected chi connectivity index (χ1v) is 5.79. The maximum Gasteiger partial charge on any atom is 0.251 e. The summed E-state index contributed by atoms with van der Waals surface area (Å²) >= 11 is 0. The van der Waals surface area contributed by atoms with E-state index in [0.29, 0.717) is 24.9 Å². The van der Waals surface area contributed by atoms with E-state index in [-0.39, 0.29) is 11.8 Å². The van der Waals surface area contributed by atoms with Crippen LogP contribution in [0.4, 0.5) is 0 Å². The minimum atomic E-state index is -0.122. The first-order valence-electron chi connectivity index (χ1n) is 5.79. The fourth-order valence-corrected chi connectivity index (χ4v) is 1.39. The normalized spacial score (nSPS) is 9.89. The standard InChI is InChI=1S/C13H18N2O3/c1-15(18-2)12(16)9-6-10-14-13(17)11-7-4-3-5-8-11/h3-5,7-8H,6,9-10H2,1-2H3,(H,14,17). The molecule has 0 radical (unpaired) electrons. The highest BCUT2D eigenvalue weighted by Gasteiger charge is 2.08. The third-order valence-electron chi connectivity index (χ3n) is 2.51. The Morgan fingerprint density at radius 2 is 1.94 bits per heavy atom. The predicted molar refractivity (Wildman–Crippen MR) is 67.8 cm³/mol. The van der Waals surface area contributed by atoms with E-state index < -0.39 is 0 Å². The van der Waals surface area contributed by atoms with Crippen molar-refractivity contribution in [3.63, 3.8) is 0 Å².